The number of aromatic hydroxyl groups is 1. The Labute approximate surface area is 135 Å². The first-order valence-electron chi connectivity index (χ1n) is 6.33. The van der Waals surface area contributed by atoms with Crippen LogP contribution in [0.15, 0.2) is 35.7 Å². The lowest BCUT2D eigenvalue weighted by molar-refractivity contribution is -0.688. The highest BCUT2D eigenvalue weighted by Crippen LogP contribution is 2.44. The van der Waals surface area contributed by atoms with Crippen molar-refractivity contribution in [2.45, 2.75) is 13.0 Å². The van der Waals surface area contributed by atoms with Gasteiger partial charge in [-0.2, -0.15) is 0 Å². The molecule has 1 aliphatic heterocycles. The summed E-state index contributed by atoms with van der Waals surface area (Å²) in [6, 6.07) is 9.84. The number of halogens is 1. The average molecular weight is 338 g/mol. The van der Waals surface area contributed by atoms with Crippen LogP contribution in [0.2, 0.25) is 5.02 Å². The van der Waals surface area contributed by atoms with Gasteiger partial charge in [-0.15, -0.1) is 15.9 Å². The van der Waals surface area contributed by atoms with E-state index in [0.29, 0.717) is 10.9 Å². The van der Waals surface area contributed by atoms with Crippen molar-refractivity contribution in [2.75, 3.05) is 0 Å². The Morgan fingerprint density at radius 3 is 2.76 bits per heavy atom. The number of aryl methyl sites for hydroxylation is 1. The van der Waals surface area contributed by atoms with Gasteiger partial charge in [-0.3, -0.25) is 0 Å². The molecular formula is C15H12ClNO2S2. The minimum atomic E-state index is 0. The van der Waals surface area contributed by atoms with Gasteiger partial charge in [-0.1, -0.05) is 41.1 Å². The third kappa shape index (κ3) is 2.17. The molecule has 0 bridgehead atoms. The highest BCUT2D eigenvalue weighted by molar-refractivity contribution is 7.22. The largest absolute Gasteiger partial charge is 0.870 e. The maximum absolute atomic E-state index is 10.5. The highest BCUT2D eigenvalue weighted by Gasteiger charge is 2.34. The van der Waals surface area contributed by atoms with Gasteiger partial charge in [0.1, 0.15) is 4.88 Å². The van der Waals surface area contributed by atoms with Crippen LogP contribution in [0.3, 0.4) is 0 Å². The van der Waals surface area contributed by atoms with Crippen LogP contribution in [-0.4, -0.2) is 10.6 Å². The van der Waals surface area contributed by atoms with Crippen LogP contribution in [-0.2, 0) is 13.0 Å². The lowest BCUT2D eigenvalue weighted by Crippen LogP contribution is -2.37. The molecule has 2 aromatic heterocycles. The van der Waals surface area contributed by atoms with Crippen molar-refractivity contribution < 1.29 is 15.1 Å². The summed E-state index contributed by atoms with van der Waals surface area (Å²) in [5.41, 5.74) is 2.28. The summed E-state index contributed by atoms with van der Waals surface area (Å²) in [5, 5.41) is 14.5. The van der Waals surface area contributed by atoms with E-state index in [1.54, 1.807) is 22.7 Å². The molecule has 21 heavy (non-hydrogen) atoms. The molecule has 3 aromatic rings. The number of thiazole rings is 1. The summed E-state index contributed by atoms with van der Waals surface area (Å²) in [6.07, 6.45) is 0.975. The molecular weight excluding hydrogens is 326 g/mol. The van der Waals surface area contributed by atoms with Gasteiger partial charge < -0.3 is 10.6 Å². The second kappa shape index (κ2) is 5.42. The molecule has 0 atom stereocenters. The average Bonchev–Trinajstić information content (AvgIpc) is 3.04. The van der Waals surface area contributed by atoms with Gasteiger partial charge in [0, 0.05) is 17.0 Å². The molecule has 0 saturated carbocycles. The normalized spacial score (nSPS) is 12.4. The quantitative estimate of drug-likeness (QED) is 0.677. The van der Waals surface area contributed by atoms with Crippen molar-refractivity contribution in [3.63, 3.8) is 0 Å². The summed E-state index contributed by atoms with van der Waals surface area (Å²) in [6.45, 7) is 0.825. The van der Waals surface area contributed by atoms with Gasteiger partial charge in [0.2, 0.25) is 0 Å². The van der Waals surface area contributed by atoms with Crippen molar-refractivity contribution in [3.8, 4) is 26.2 Å². The first kappa shape index (κ1) is 14.5. The molecule has 3 nitrogen and oxygen atoms in total. The smallest absolute Gasteiger partial charge is 0.385 e. The van der Waals surface area contributed by atoms with Crippen LogP contribution in [0.4, 0.5) is 0 Å². The molecule has 4 rings (SSSR count). The molecule has 108 valence electrons. The Bertz CT molecular complexity index is 810. The predicted molar refractivity (Wildman–Crippen MR) is 85.6 cm³/mol. The summed E-state index contributed by atoms with van der Waals surface area (Å²) in [4.78, 5) is 2.13. The van der Waals surface area contributed by atoms with Crippen LogP contribution in [0.25, 0.3) is 20.3 Å². The first-order valence-corrected chi connectivity index (χ1v) is 8.40. The number of rotatable bonds is 1. The van der Waals surface area contributed by atoms with E-state index in [2.05, 4.69) is 11.4 Å². The summed E-state index contributed by atoms with van der Waals surface area (Å²) in [7, 11) is 0. The number of nitrogens with zero attached hydrogens (tertiary/aromatic N) is 1. The molecule has 0 aliphatic carbocycles. The minimum Gasteiger partial charge on any atom is -0.870 e. The minimum absolute atomic E-state index is 0. The van der Waals surface area contributed by atoms with E-state index in [1.165, 1.54) is 10.4 Å². The highest BCUT2D eigenvalue weighted by atomic mass is 35.5. The molecule has 1 aromatic carbocycles. The molecule has 2 N–H and O–H groups in total. The number of hydrogen-bond acceptors (Lipinski definition) is 4. The molecule has 0 spiro atoms. The second-order valence-electron chi connectivity index (χ2n) is 4.72. The third-order valence-corrected chi connectivity index (χ3v) is 6.21. The van der Waals surface area contributed by atoms with Crippen LogP contribution in [0.5, 0.6) is 5.88 Å². The van der Waals surface area contributed by atoms with Crippen LogP contribution in [0.1, 0.15) is 5.56 Å². The number of thiophene rings is 1. The predicted octanol–water partition coefficient (Wildman–Crippen LogP) is 4.17. The Morgan fingerprint density at radius 1 is 1.14 bits per heavy atom. The van der Waals surface area contributed by atoms with Crippen molar-refractivity contribution in [3.05, 3.63) is 46.3 Å². The van der Waals surface area contributed by atoms with E-state index in [0.717, 1.165) is 28.4 Å². The molecule has 0 unspecified atom stereocenters. The zero-order valence-electron chi connectivity index (χ0n) is 10.9. The number of aromatic nitrogens is 1. The Morgan fingerprint density at radius 2 is 1.95 bits per heavy atom. The molecule has 0 amide bonds. The standard InChI is InChI=1S/C15H10ClNOS2.H2O/c16-11-4-2-1-3-10(11)13-14(18)17-7-5-9-6-8-19-12(9)15(17)20-13;/h1-4,6,8H,5,7H2;1H2. The maximum Gasteiger partial charge on any atom is 0.385 e. The van der Waals surface area contributed by atoms with Gasteiger partial charge in [0.15, 0.2) is 11.4 Å². The maximum atomic E-state index is 10.5. The second-order valence-corrected chi connectivity index (χ2v) is 7.04. The topological polar surface area (TPSA) is 54.1 Å². The number of benzene rings is 1. The third-order valence-electron chi connectivity index (χ3n) is 3.57. The number of hydrogen-bond donors (Lipinski definition) is 1. The Kier molecular flexibility index (Phi) is 3.75. The molecule has 1 aliphatic rings. The fourth-order valence-electron chi connectivity index (χ4n) is 2.57. The van der Waals surface area contributed by atoms with Gasteiger partial charge in [-0.25, -0.2) is 0 Å². The van der Waals surface area contributed by atoms with E-state index >= 15 is 0 Å². The van der Waals surface area contributed by atoms with Gasteiger partial charge in [0.25, 0.3) is 5.01 Å². The van der Waals surface area contributed by atoms with E-state index in [4.69, 9.17) is 11.6 Å². The van der Waals surface area contributed by atoms with Gasteiger partial charge >= 0.3 is 5.88 Å². The fourth-order valence-corrected chi connectivity index (χ4v) is 5.22. The zero-order valence-corrected chi connectivity index (χ0v) is 13.3. The van der Waals surface area contributed by atoms with Crippen molar-refractivity contribution in [2.24, 2.45) is 0 Å². The van der Waals surface area contributed by atoms with Gasteiger partial charge in [-0.05, 0) is 23.1 Å². The lowest BCUT2D eigenvalue weighted by Gasteiger charge is -2.05. The fraction of sp³-hybridized carbons (Fsp3) is 0.133. The van der Waals surface area contributed by atoms with E-state index in [-0.39, 0.29) is 5.48 Å². The molecule has 0 radical (unpaired) electrons. The summed E-state index contributed by atoms with van der Waals surface area (Å²) >= 11 is 9.61. The zero-order chi connectivity index (χ0) is 13.7. The van der Waals surface area contributed by atoms with Crippen molar-refractivity contribution in [1.82, 2.24) is 0 Å². The van der Waals surface area contributed by atoms with Gasteiger partial charge in [0.05, 0.1) is 0 Å². The Balaban J connectivity index is 0.00000132. The van der Waals surface area contributed by atoms with E-state index in [1.807, 2.05) is 28.8 Å². The number of fused-ring (bicyclic) bond motifs is 3. The molecule has 0 saturated heterocycles. The molecule has 3 heterocycles. The molecule has 6 heteroatoms. The summed E-state index contributed by atoms with van der Waals surface area (Å²) in [5.74, 6) is 0.331. The van der Waals surface area contributed by atoms with Crippen LogP contribution < -0.4 is 4.57 Å². The van der Waals surface area contributed by atoms with Crippen LogP contribution >= 0.6 is 34.3 Å². The Hall–Kier alpha value is -1.40. The van der Waals surface area contributed by atoms with Crippen molar-refractivity contribution in [1.29, 1.82) is 0 Å². The first-order chi connectivity index (χ1) is 9.75. The van der Waals surface area contributed by atoms with Crippen molar-refractivity contribution >= 4 is 34.3 Å². The molecule has 0 fully saturated rings. The van der Waals surface area contributed by atoms with E-state index in [9.17, 15) is 5.11 Å². The monoisotopic (exact) mass is 337 g/mol. The lowest BCUT2D eigenvalue weighted by atomic mass is 10.1. The SMILES string of the molecule is Oc1c(-c2ccccc2Cl)sc2[n+]1CCc1ccsc1-2.[OH-]. The van der Waals surface area contributed by atoms with E-state index < -0.39 is 0 Å². The van der Waals surface area contributed by atoms with Crippen LogP contribution in [0, 0.1) is 0 Å². The summed E-state index contributed by atoms with van der Waals surface area (Å²) < 4.78 is 2.00.